The molecule has 0 radical (unpaired) electrons. The third-order valence-corrected chi connectivity index (χ3v) is 8.03. The number of hydrogen-bond acceptors (Lipinski definition) is 6. The highest BCUT2D eigenvalue weighted by Gasteiger charge is 2.31. The SMILES string of the molecule is CCN1CCc2c(sc3nc(C)nc(N4CCN(C(=O)C5CCCC5)CC4)c23)C1. The molecule has 2 aromatic rings. The summed E-state index contributed by atoms with van der Waals surface area (Å²) in [6.07, 6.45) is 5.69. The van der Waals surface area contributed by atoms with E-state index in [1.165, 1.54) is 28.7 Å². The lowest BCUT2D eigenvalue weighted by molar-refractivity contribution is -0.135. The fourth-order valence-corrected chi connectivity index (χ4v) is 6.50. The average molecular weight is 414 g/mol. The minimum Gasteiger partial charge on any atom is -0.352 e. The van der Waals surface area contributed by atoms with E-state index >= 15 is 0 Å². The normalized spacial score (nSPS) is 21.2. The van der Waals surface area contributed by atoms with Crippen LogP contribution < -0.4 is 4.90 Å². The predicted molar refractivity (Wildman–Crippen MR) is 118 cm³/mol. The number of rotatable bonds is 3. The Hall–Kier alpha value is -1.73. The Kier molecular flexibility index (Phi) is 5.20. The maximum absolute atomic E-state index is 12.8. The van der Waals surface area contributed by atoms with Crippen LogP contribution in [-0.2, 0) is 17.8 Å². The van der Waals surface area contributed by atoms with E-state index in [4.69, 9.17) is 9.97 Å². The number of aryl methyl sites for hydroxylation is 1. The van der Waals surface area contributed by atoms with Crippen LogP contribution in [0.25, 0.3) is 10.2 Å². The van der Waals surface area contributed by atoms with Crippen molar-refractivity contribution in [2.24, 2.45) is 5.92 Å². The highest BCUT2D eigenvalue weighted by Crippen LogP contribution is 2.39. The zero-order chi connectivity index (χ0) is 20.0. The van der Waals surface area contributed by atoms with E-state index in [0.29, 0.717) is 5.91 Å². The molecule has 0 atom stereocenters. The van der Waals surface area contributed by atoms with E-state index in [9.17, 15) is 4.79 Å². The van der Waals surface area contributed by atoms with Gasteiger partial charge in [0, 0.05) is 50.1 Å². The quantitative estimate of drug-likeness (QED) is 0.773. The Morgan fingerprint density at radius 3 is 2.59 bits per heavy atom. The number of amides is 1. The number of aromatic nitrogens is 2. The van der Waals surface area contributed by atoms with Crippen LogP contribution in [0, 0.1) is 12.8 Å². The number of piperazine rings is 1. The molecule has 0 N–H and O–H groups in total. The first-order valence-electron chi connectivity index (χ1n) is 11.2. The molecule has 3 aliphatic rings. The molecule has 1 saturated heterocycles. The fourth-order valence-electron chi connectivity index (χ4n) is 5.20. The highest BCUT2D eigenvalue weighted by atomic mass is 32.1. The third-order valence-electron chi connectivity index (χ3n) is 6.91. The highest BCUT2D eigenvalue weighted by molar-refractivity contribution is 7.19. The van der Waals surface area contributed by atoms with Crippen molar-refractivity contribution in [3.63, 3.8) is 0 Å². The van der Waals surface area contributed by atoms with E-state index in [-0.39, 0.29) is 5.92 Å². The Labute approximate surface area is 176 Å². The topological polar surface area (TPSA) is 52.6 Å². The van der Waals surface area contributed by atoms with Gasteiger partial charge in [-0.1, -0.05) is 19.8 Å². The Bertz CT molecular complexity index is 912. The van der Waals surface area contributed by atoms with Gasteiger partial charge in [0.25, 0.3) is 0 Å². The van der Waals surface area contributed by atoms with Crippen molar-refractivity contribution in [3.8, 4) is 0 Å². The Balaban J connectivity index is 1.39. The molecule has 4 heterocycles. The second kappa shape index (κ2) is 7.84. The van der Waals surface area contributed by atoms with Crippen LogP contribution in [0.3, 0.4) is 0 Å². The zero-order valence-electron chi connectivity index (χ0n) is 17.6. The molecule has 156 valence electrons. The van der Waals surface area contributed by atoms with E-state index in [1.807, 2.05) is 18.3 Å². The summed E-state index contributed by atoms with van der Waals surface area (Å²) in [6, 6.07) is 0. The van der Waals surface area contributed by atoms with E-state index in [1.54, 1.807) is 0 Å². The van der Waals surface area contributed by atoms with Crippen molar-refractivity contribution in [2.75, 3.05) is 44.2 Å². The summed E-state index contributed by atoms with van der Waals surface area (Å²) >= 11 is 1.85. The van der Waals surface area contributed by atoms with Gasteiger partial charge in [-0.3, -0.25) is 9.69 Å². The second-order valence-electron chi connectivity index (χ2n) is 8.69. The molecule has 5 rings (SSSR count). The number of carbonyl (C=O) groups excluding carboxylic acids is 1. The molecule has 1 aliphatic carbocycles. The number of carbonyl (C=O) groups is 1. The summed E-state index contributed by atoms with van der Waals surface area (Å²) in [5, 5.41) is 1.28. The van der Waals surface area contributed by atoms with Crippen molar-refractivity contribution in [1.82, 2.24) is 19.8 Å². The van der Waals surface area contributed by atoms with Crippen LogP contribution in [0.5, 0.6) is 0 Å². The van der Waals surface area contributed by atoms with Crippen LogP contribution in [-0.4, -0.2) is 64.9 Å². The van der Waals surface area contributed by atoms with Crippen LogP contribution in [0.1, 0.15) is 48.9 Å². The van der Waals surface area contributed by atoms with E-state index < -0.39 is 0 Å². The van der Waals surface area contributed by atoms with Gasteiger partial charge >= 0.3 is 0 Å². The summed E-state index contributed by atoms with van der Waals surface area (Å²) in [7, 11) is 0. The Morgan fingerprint density at radius 2 is 1.86 bits per heavy atom. The van der Waals surface area contributed by atoms with Crippen molar-refractivity contribution in [3.05, 3.63) is 16.3 Å². The molecule has 29 heavy (non-hydrogen) atoms. The Morgan fingerprint density at radius 1 is 1.10 bits per heavy atom. The summed E-state index contributed by atoms with van der Waals surface area (Å²) < 4.78 is 0. The van der Waals surface area contributed by atoms with Crippen LogP contribution in [0.4, 0.5) is 5.82 Å². The zero-order valence-corrected chi connectivity index (χ0v) is 18.4. The number of fused-ring (bicyclic) bond motifs is 3. The number of thiophene rings is 1. The standard InChI is InChI=1S/C22H31N5OS/c1-3-25-9-8-17-18(14-25)29-21-19(17)20(23-15(2)24-21)26-10-12-27(13-11-26)22(28)16-6-4-5-7-16/h16H,3-14H2,1-2H3. The summed E-state index contributed by atoms with van der Waals surface area (Å²) in [5.74, 6) is 2.62. The molecule has 2 aliphatic heterocycles. The van der Waals surface area contributed by atoms with Gasteiger partial charge in [0.15, 0.2) is 0 Å². The monoisotopic (exact) mass is 413 g/mol. The largest absolute Gasteiger partial charge is 0.352 e. The lowest BCUT2D eigenvalue weighted by atomic mass is 10.0. The number of hydrogen-bond donors (Lipinski definition) is 0. The average Bonchev–Trinajstić information content (AvgIpc) is 3.40. The molecular formula is C22H31N5OS. The van der Waals surface area contributed by atoms with Crippen LogP contribution >= 0.6 is 11.3 Å². The van der Waals surface area contributed by atoms with Gasteiger partial charge in [-0.15, -0.1) is 11.3 Å². The second-order valence-corrected chi connectivity index (χ2v) is 9.77. The smallest absolute Gasteiger partial charge is 0.225 e. The van der Waals surface area contributed by atoms with E-state index in [2.05, 4.69) is 21.6 Å². The van der Waals surface area contributed by atoms with Gasteiger partial charge in [0.2, 0.25) is 5.91 Å². The number of nitrogens with zero attached hydrogens (tertiary/aromatic N) is 5. The molecule has 2 aromatic heterocycles. The van der Waals surface area contributed by atoms with Crippen molar-refractivity contribution < 1.29 is 4.79 Å². The first-order chi connectivity index (χ1) is 14.1. The van der Waals surface area contributed by atoms with Crippen molar-refractivity contribution >= 4 is 33.3 Å². The van der Waals surface area contributed by atoms with Crippen LogP contribution in [0.2, 0.25) is 0 Å². The molecule has 0 spiro atoms. The van der Waals surface area contributed by atoms with Gasteiger partial charge < -0.3 is 9.80 Å². The first kappa shape index (κ1) is 19.2. The molecule has 7 heteroatoms. The van der Waals surface area contributed by atoms with Gasteiger partial charge in [-0.05, 0) is 38.3 Å². The molecule has 1 amide bonds. The summed E-state index contributed by atoms with van der Waals surface area (Å²) in [6.45, 7) is 10.9. The van der Waals surface area contributed by atoms with E-state index in [0.717, 1.165) is 81.5 Å². The lowest BCUT2D eigenvalue weighted by Crippen LogP contribution is -2.50. The van der Waals surface area contributed by atoms with Crippen molar-refractivity contribution in [1.29, 1.82) is 0 Å². The predicted octanol–water partition coefficient (Wildman–Crippen LogP) is 3.22. The maximum atomic E-state index is 12.8. The molecule has 1 saturated carbocycles. The molecule has 6 nitrogen and oxygen atoms in total. The van der Waals surface area contributed by atoms with Crippen molar-refractivity contribution in [2.45, 2.75) is 52.5 Å². The van der Waals surface area contributed by atoms with Gasteiger partial charge in [0.1, 0.15) is 16.5 Å². The lowest BCUT2D eigenvalue weighted by Gasteiger charge is -2.37. The van der Waals surface area contributed by atoms with Gasteiger partial charge in [0.05, 0.1) is 5.39 Å². The molecule has 2 fully saturated rings. The number of anilines is 1. The summed E-state index contributed by atoms with van der Waals surface area (Å²) in [4.78, 5) is 32.1. The number of likely N-dealkylation sites (N-methyl/N-ethyl adjacent to an activating group) is 1. The van der Waals surface area contributed by atoms with Gasteiger partial charge in [-0.2, -0.15) is 0 Å². The van der Waals surface area contributed by atoms with Crippen LogP contribution in [0.15, 0.2) is 0 Å². The maximum Gasteiger partial charge on any atom is 0.225 e. The fraction of sp³-hybridized carbons (Fsp3) is 0.682. The minimum atomic E-state index is 0.278. The minimum absolute atomic E-state index is 0.278. The molecule has 0 unspecified atom stereocenters. The summed E-state index contributed by atoms with van der Waals surface area (Å²) in [5.41, 5.74) is 1.47. The molecule has 0 bridgehead atoms. The van der Waals surface area contributed by atoms with Gasteiger partial charge in [-0.25, -0.2) is 9.97 Å². The molecular weight excluding hydrogens is 382 g/mol. The molecule has 0 aromatic carbocycles. The first-order valence-corrected chi connectivity index (χ1v) is 12.0. The third kappa shape index (κ3) is 3.52.